The SMILES string of the molecule is CCCOC(=O)CNP(Oc1ccccc1)C(F)c1ccc2sc(C(=O)Oc3c(F)c(C)c(C)c(C)c3F)cc2c1. The summed E-state index contributed by atoms with van der Waals surface area (Å²) in [6, 6.07) is 14.9. The molecule has 216 valence electrons. The van der Waals surface area contributed by atoms with Crippen molar-refractivity contribution in [3.05, 3.63) is 93.4 Å². The highest BCUT2D eigenvalue weighted by Crippen LogP contribution is 2.50. The summed E-state index contributed by atoms with van der Waals surface area (Å²) < 4.78 is 62.1. The molecule has 1 heterocycles. The average Bonchev–Trinajstić information content (AvgIpc) is 3.42. The Morgan fingerprint density at radius 3 is 2.32 bits per heavy atom. The van der Waals surface area contributed by atoms with Crippen LogP contribution in [-0.2, 0) is 9.53 Å². The number of ether oxygens (including phenoxy) is 2. The van der Waals surface area contributed by atoms with Crippen LogP contribution >= 0.6 is 19.6 Å². The Balaban J connectivity index is 1.56. The van der Waals surface area contributed by atoms with E-state index in [1.807, 2.05) is 6.92 Å². The minimum Gasteiger partial charge on any atom is -0.465 e. The number of rotatable bonds is 11. The van der Waals surface area contributed by atoms with Gasteiger partial charge in [0.2, 0.25) is 14.0 Å². The summed E-state index contributed by atoms with van der Waals surface area (Å²) in [6.07, 6.45) is 0.664. The van der Waals surface area contributed by atoms with Gasteiger partial charge in [0.1, 0.15) is 17.2 Å². The van der Waals surface area contributed by atoms with E-state index in [4.69, 9.17) is 14.0 Å². The summed E-state index contributed by atoms with van der Waals surface area (Å²) in [4.78, 5) is 25.0. The summed E-state index contributed by atoms with van der Waals surface area (Å²) in [5.74, 6) is -5.27. The van der Waals surface area contributed by atoms with Gasteiger partial charge in [-0.25, -0.2) is 18.0 Å². The van der Waals surface area contributed by atoms with E-state index in [0.29, 0.717) is 27.8 Å². The molecule has 41 heavy (non-hydrogen) atoms. The van der Waals surface area contributed by atoms with Crippen molar-refractivity contribution in [3.8, 4) is 11.5 Å². The molecular weight excluding hydrogens is 574 g/mol. The van der Waals surface area contributed by atoms with Crippen molar-refractivity contribution in [3.63, 3.8) is 0 Å². The third-order valence-electron chi connectivity index (χ3n) is 6.39. The molecule has 1 aromatic heterocycles. The summed E-state index contributed by atoms with van der Waals surface area (Å²) in [5.41, 5.74) is 1.10. The van der Waals surface area contributed by atoms with Crippen LogP contribution in [0.1, 0.15) is 51.2 Å². The molecule has 11 heteroatoms. The number of benzene rings is 3. The van der Waals surface area contributed by atoms with Crippen LogP contribution in [0.2, 0.25) is 0 Å². The molecule has 0 aliphatic heterocycles. The Labute approximate surface area is 241 Å². The van der Waals surface area contributed by atoms with Gasteiger partial charge in [-0.2, -0.15) is 0 Å². The van der Waals surface area contributed by atoms with Crippen LogP contribution < -0.4 is 14.3 Å². The molecule has 0 saturated carbocycles. The van der Waals surface area contributed by atoms with E-state index in [1.54, 1.807) is 55.5 Å². The predicted molar refractivity (Wildman–Crippen MR) is 154 cm³/mol. The zero-order chi connectivity index (χ0) is 29.7. The van der Waals surface area contributed by atoms with Gasteiger partial charge in [-0.1, -0.05) is 31.2 Å². The van der Waals surface area contributed by atoms with Gasteiger partial charge in [-0.15, -0.1) is 11.3 Å². The van der Waals surface area contributed by atoms with E-state index < -0.39 is 43.5 Å². The molecule has 0 fully saturated rings. The average molecular weight is 604 g/mol. The fourth-order valence-corrected chi connectivity index (χ4v) is 6.19. The van der Waals surface area contributed by atoms with E-state index in [1.165, 1.54) is 19.9 Å². The highest BCUT2D eigenvalue weighted by Gasteiger charge is 2.28. The largest absolute Gasteiger partial charge is 0.465 e. The maximum atomic E-state index is 15.9. The minimum absolute atomic E-state index is 0.0989. The molecule has 0 saturated heterocycles. The highest BCUT2D eigenvalue weighted by molar-refractivity contribution is 7.51. The maximum Gasteiger partial charge on any atom is 0.353 e. The molecule has 0 radical (unpaired) electrons. The molecule has 0 aliphatic rings. The van der Waals surface area contributed by atoms with Crippen molar-refractivity contribution in [2.45, 2.75) is 40.0 Å². The number of hydrogen-bond donors (Lipinski definition) is 1. The van der Waals surface area contributed by atoms with Gasteiger partial charge < -0.3 is 14.0 Å². The van der Waals surface area contributed by atoms with Crippen molar-refractivity contribution >= 4 is 41.7 Å². The zero-order valence-electron chi connectivity index (χ0n) is 22.9. The van der Waals surface area contributed by atoms with E-state index in [0.717, 1.165) is 11.3 Å². The summed E-state index contributed by atoms with van der Waals surface area (Å²) >= 11 is 1.06. The predicted octanol–water partition coefficient (Wildman–Crippen LogP) is 8.23. The second-order valence-corrected chi connectivity index (χ2v) is 11.9. The minimum atomic E-state index is -2.02. The molecule has 4 aromatic rings. The number of para-hydroxylation sites is 1. The van der Waals surface area contributed by atoms with Crippen molar-refractivity contribution in [1.29, 1.82) is 0 Å². The molecule has 0 bridgehead atoms. The lowest BCUT2D eigenvalue weighted by Gasteiger charge is -2.22. The lowest BCUT2D eigenvalue weighted by Crippen LogP contribution is -2.24. The van der Waals surface area contributed by atoms with Gasteiger partial charge in [0.15, 0.2) is 17.5 Å². The molecule has 2 unspecified atom stereocenters. The number of carbonyl (C=O) groups excluding carboxylic acids is 2. The lowest BCUT2D eigenvalue weighted by molar-refractivity contribution is -0.142. The van der Waals surface area contributed by atoms with Crippen molar-refractivity contribution in [1.82, 2.24) is 5.09 Å². The fourth-order valence-electron chi connectivity index (χ4n) is 3.89. The van der Waals surface area contributed by atoms with Gasteiger partial charge in [0, 0.05) is 4.70 Å². The van der Waals surface area contributed by atoms with Gasteiger partial charge in [-0.05, 0) is 85.2 Å². The van der Waals surface area contributed by atoms with Gasteiger partial charge >= 0.3 is 11.9 Å². The molecule has 0 spiro atoms. The summed E-state index contributed by atoms with van der Waals surface area (Å²) in [7, 11) is -2.02. The Kier molecular flexibility index (Phi) is 10.0. The van der Waals surface area contributed by atoms with Crippen LogP contribution in [0.25, 0.3) is 10.1 Å². The van der Waals surface area contributed by atoms with Crippen LogP contribution in [0.5, 0.6) is 11.5 Å². The number of carbonyl (C=O) groups is 2. The maximum absolute atomic E-state index is 15.9. The number of halogens is 3. The van der Waals surface area contributed by atoms with Crippen LogP contribution in [0, 0.1) is 32.4 Å². The Morgan fingerprint density at radius 1 is 0.976 bits per heavy atom. The summed E-state index contributed by atoms with van der Waals surface area (Å²) in [6.45, 7) is 6.47. The number of thiophene rings is 1. The Morgan fingerprint density at radius 2 is 1.66 bits per heavy atom. The smallest absolute Gasteiger partial charge is 0.353 e. The molecule has 3 aromatic carbocycles. The Bertz CT molecular complexity index is 1530. The monoisotopic (exact) mass is 603 g/mol. The number of hydrogen-bond acceptors (Lipinski definition) is 7. The normalized spacial score (nSPS) is 12.7. The number of fused-ring (bicyclic) bond motifs is 1. The first kappa shape index (κ1) is 30.5. The molecule has 2 atom stereocenters. The van der Waals surface area contributed by atoms with Crippen LogP contribution in [0.4, 0.5) is 13.2 Å². The third-order valence-corrected chi connectivity index (χ3v) is 9.08. The van der Waals surface area contributed by atoms with E-state index in [-0.39, 0.29) is 34.7 Å². The first-order chi connectivity index (χ1) is 19.6. The number of esters is 2. The van der Waals surface area contributed by atoms with Gasteiger partial charge in [-0.3, -0.25) is 9.88 Å². The van der Waals surface area contributed by atoms with Crippen LogP contribution in [0.15, 0.2) is 54.6 Å². The molecule has 1 N–H and O–H groups in total. The second kappa shape index (κ2) is 13.5. The fraction of sp³-hybridized carbons (Fsp3) is 0.267. The second-order valence-electron chi connectivity index (χ2n) is 9.25. The van der Waals surface area contributed by atoms with Gasteiger partial charge in [0.05, 0.1) is 6.61 Å². The van der Waals surface area contributed by atoms with Gasteiger partial charge in [0.25, 0.3) is 0 Å². The van der Waals surface area contributed by atoms with E-state index in [2.05, 4.69) is 5.09 Å². The van der Waals surface area contributed by atoms with E-state index in [9.17, 15) is 18.4 Å². The van der Waals surface area contributed by atoms with Crippen molar-refractivity contribution < 1.29 is 36.8 Å². The van der Waals surface area contributed by atoms with Crippen molar-refractivity contribution in [2.24, 2.45) is 0 Å². The number of nitrogens with one attached hydrogen (secondary N) is 1. The molecule has 4 rings (SSSR count). The van der Waals surface area contributed by atoms with Crippen molar-refractivity contribution in [2.75, 3.05) is 13.2 Å². The lowest BCUT2D eigenvalue weighted by atomic mass is 10.0. The standard InChI is InChI=1S/C30H29F3NO5PS/c1-5-13-37-25(35)16-34-40(39-22-9-7-6-8-10-22)29(33)20-11-12-23-21(14-20)15-24(41-23)30(36)38-28-26(31)18(3)17(2)19(4)27(28)32/h6-12,14-15,29,34H,5,13,16H2,1-4H3. The molecule has 0 aliphatic carbocycles. The quantitative estimate of drug-likeness (QED) is 0.106. The first-order valence-electron chi connectivity index (χ1n) is 12.9. The summed E-state index contributed by atoms with van der Waals surface area (Å²) in [5, 5.41) is 3.39. The van der Waals surface area contributed by atoms with E-state index >= 15 is 4.39 Å². The molecule has 6 nitrogen and oxygen atoms in total. The third kappa shape index (κ3) is 7.07. The first-order valence-corrected chi connectivity index (χ1v) is 15.0. The van der Waals surface area contributed by atoms with Crippen LogP contribution in [0.3, 0.4) is 0 Å². The zero-order valence-corrected chi connectivity index (χ0v) is 24.6. The molecular formula is C30H29F3NO5PS. The van der Waals surface area contributed by atoms with Crippen LogP contribution in [-0.4, -0.2) is 25.1 Å². The Hall–Kier alpha value is -3.46. The topological polar surface area (TPSA) is 73.9 Å². The number of alkyl halides is 1. The molecule has 0 amide bonds. The highest BCUT2D eigenvalue weighted by atomic mass is 32.1.